The number of ketones is 1. The fraction of sp³-hybridized carbons (Fsp3) is 0. The number of hydrogen-bond acceptors (Lipinski definition) is 2. The fourth-order valence-corrected chi connectivity index (χ4v) is 2.57. The predicted molar refractivity (Wildman–Crippen MR) is 49.4 cm³/mol. The summed E-state index contributed by atoms with van der Waals surface area (Å²) in [6.45, 7) is 0. The first-order valence-electron chi connectivity index (χ1n) is 3.01. The number of amides is 1. The molecule has 0 bridgehead atoms. The smallest absolute Gasteiger partial charge is 0.296 e. The molecular weight excluding hydrogens is 257 g/mol. The largest absolute Gasteiger partial charge is 0.318 e. The van der Waals surface area contributed by atoms with E-state index >= 15 is 0 Å². The van der Waals surface area contributed by atoms with Gasteiger partial charge in [0.15, 0.2) is 0 Å². The van der Waals surface area contributed by atoms with Crippen LogP contribution in [0, 0.1) is 0 Å². The van der Waals surface area contributed by atoms with E-state index in [1.807, 2.05) is 8.09 Å². The third-order valence-corrected chi connectivity index (χ3v) is 3.22. The van der Waals surface area contributed by atoms with Gasteiger partial charge in [0.1, 0.15) is 0 Å². The van der Waals surface area contributed by atoms with Crippen molar-refractivity contribution in [2.45, 2.75) is 0 Å². The maximum Gasteiger partial charge on any atom is 0.296 e. The zero-order chi connectivity index (χ0) is 7.84. The van der Waals surface area contributed by atoms with Crippen LogP contribution >= 0.6 is 20.7 Å². The molecule has 0 aromatic rings. The molecule has 1 N–H and O–H groups in total. The van der Waals surface area contributed by atoms with Gasteiger partial charge in [0.2, 0.25) is 0 Å². The van der Waals surface area contributed by atoms with Gasteiger partial charge in [-0.3, -0.25) is 9.59 Å². The Hall–Kier alpha value is -0.780. The Labute approximate surface area is 72.9 Å². The van der Waals surface area contributed by atoms with E-state index in [9.17, 15) is 9.59 Å². The molecule has 3 nitrogen and oxygen atoms in total. The van der Waals surface area contributed by atoms with Gasteiger partial charge in [0.25, 0.3) is 11.7 Å². The Bertz CT molecular complexity index is 338. The average molecular weight is 261 g/mol. The molecule has 0 unspecified atom stereocenters. The molecular formula is C7H4INO2. The Balaban J connectivity index is 2.53. The first-order valence-corrected chi connectivity index (χ1v) is 5.50. The van der Waals surface area contributed by atoms with Gasteiger partial charge in [0, 0.05) is 0 Å². The molecule has 0 spiro atoms. The summed E-state index contributed by atoms with van der Waals surface area (Å²) < 4.78 is 3.91. The van der Waals surface area contributed by atoms with Gasteiger partial charge in [-0.25, -0.2) is 0 Å². The minimum Gasteiger partial charge on any atom is -0.318 e. The lowest BCUT2D eigenvalue weighted by molar-refractivity contribution is -0.134. The summed E-state index contributed by atoms with van der Waals surface area (Å²) >= 11 is -0.0883. The fourth-order valence-electron chi connectivity index (χ4n) is 0.941. The summed E-state index contributed by atoms with van der Waals surface area (Å²) in [6, 6.07) is 0. The van der Waals surface area contributed by atoms with Gasteiger partial charge in [-0.15, -0.1) is 0 Å². The minimum absolute atomic E-state index is 0.0883. The van der Waals surface area contributed by atoms with Gasteiger partial charge >= 0.3 is 0 Å². The van der Waals surface area contributed by atoms with E-state index in [0.29, 0.717) is 5.57 Å². The van der Waals surface area contributed by atoms with Crippen molar-refractivity contribution in [3.8, 4) is 0 Å². The van der Waals surface area contributed by atoms with Gasteiger partial charge in [0.05, 0.1) is 11.3 Å². The van der Waals surface area contributed by atoms with Crippen molar-refractivity contribution in [2.24, 2.45) is 0 Å². The van der Waals surface area contributed by atoms with Crippen LogP contribution in [0.2, 0.25) is 0 Å². The highest BCUT2D eigenvalue weighted by atomic mass is 127. The normalized spacial score (nSPS) is 21.5. The first kappa shape index (κ1) is 6.90. The van der Waals surface area contributed by atoms with Crippen molar-refractivity contribution in [3.63, 3.8) is 0 Å². The summed E-state index contributed by atoms with van der Waals surface area (Å²) in [6.07, 6.45) is 1.74. The van der Waals surface area contributed by atoms with Gasteiger partial charge < -0.3 is 5.32 Å². The third kappa shape index (κ3) is 0.973. The molecule has 0 aromatic heterocycles. The van der Waals surface area contributed by atoms with E-state index < -0.39 is 11.7 Å². The maximum atomic E-state index is 11.0. The second kappa shape index (κ2) is 2.37. The molecule has 1 amide bonds. The summed E-state index contributed by atoms with van der Waals surface area (Å²) in [5.41, 5.74) is 1.25. The predicted octanol–water partition coefficient (Wildman–Crippen LogP) is 0.240. The minimum atomic E-state index is -0.498. The number of Topliss-reactive ketones (excluding diaryl/α,β-unsaturated/α-hetero) is 1. The summed E-state index contributed by atoms with van der Waals surface area (Å²) in [4.78, 5) is 21.8. The average Bonchev–Trinajstić information content (AvgIpc) is 2.30. The van der Waals surface area contributed by atoms with Crippen molar-refractivity contribution in [1.29, 1.82) is 0 Å². The molecule has 0 radical (unpaired) electrons. The van der Waals surface area contributed by atoms with E-state index in [-0.39, 0.29) is 20.7 Å². The highest BCUT2D eigenvalue weighted by Gasteiger charge is 2.28. The topological polar surface area (TPSA) is 46.2 Å². The van der Waals surface area contributed by atoms with E-state index in [0.717, 1.165) is 5.70 Å². The molecule has 0 saturated heterocycles. The number of hydrogen-bond donors (Lipinski definition) is 1. The number of rotatable bonds is 0. The molecule has 0 atom stereocenters. The molecule has 4 heteroatoms. The highest BCUT2D eigenvalue weighted by molar-refractivity contribution is 14.2. The van der Waals surface area contributed by atoms with Crippen LogP contribution in [0.4, 0.5) is 0 Å². The van der Waals surface area contributed by atoms with E-state index in [2.05, 4.69) is 5.32 Å². The van der Waals surface area contributed by atoms with Crippen LogP contribution in [0.1, 0.15) is 0 Å². The van der Waals surface area contributed by atoms with Crippen LogP contribution in [0.25, 0.3) is 0 Å². The first-order chi connectivity index (χ1) is 5.29. The summed E-state index contributed by atoms with van der Waals surface area (Å²) in [7, 11) is 0. The van der Waals surface area contributed by atoms with E-state index in [1.165, 1.54) is 0 Å². The highest BCUT2D eigenvalue weighted by Crippen LogP contribution is 2.19. The van der Waals surface area contributed by atoms with Crippen LogP contribution in [0.3, 0.4) is 0 Å². The quantitative estimate of drug-likeness (QED) is 0.501. The molecule has 0 fully saturated rings. The Morgan fingerprint density at radius 3 is 2.91 bits per heavy atom. The number of halogens is 1. The number of carbonyl (C=O) groups excluding carboxylic acids is 2. The van der Waals surface area contributed by atoms with Crippen molar-refractivity contribution in [3.05, 3.63) is 21.4 Å². The van der Waals surface area contributed by atoms with Gasteiger partial charge in [-0.1, -0.05) is 20.7 Å². The van der Waals surface area contributed by atoms with Crippen LogP contribution in [0.5, 0.6) is 0 Å². The Morgan fingerprint density at radius 2 is 2.18 bits per heavy atom. The van der Waals surface area contributed by atoms with Crippen LogP contribution < -0.4 is 5.32 Å². The van der Waals surface area contributed by atoms with Crippen molar-refractivity contribution in [2.75, 3.05) is 0 Å². The number of allylic oxidation sites excluding steroid dienone is 2. The number of carbonyl (C=O) groups is 2. The van der Waals surface area contributed by atoms with E-state index in [4.69, 9.17) is 0 Å². The zero-order valence-corrected chi connectivity index (χ0v) is 7.58. The second-order valence-electron chi connectivity index (χ2n) is 2.14. The molecule has 2 aliphatic rings. The van der Waals surface area contributed by atoms with Crippen molar-refractivity contribution in [1.82, 2.24) is 5.32 Å². The third-order valence-electron chi connectivity index (χ3n) is 1.46. The molecule has 11 heavy (non-hydrogen) atoms. The van der Waals surface area contributed by atoms with Crippen molar-refractivity contribution >= 4 is 36.4 Å². The second-order valence-corrected chi connectivity index (χ2v) is 4.20. The molecule has 0 aliphatic carbocycles. The zero-order valence-electron chi connectivity index (χ0n) is 5.43. The molecule has 2 rings (SSSR count). The van der Waals surface area contributed by atoms with E-state index in [1.54, 1.807) is 6.08 Å². The molecule has 0 saturated carbocycles. The summed E-state index contributed by atoms with van der Waals surface area (Å²) in [5, 5.41) is 2.52. The molecule has 0 aromatic carbocycles. The van der Waals surface area contributed by atoms with Crippen LogP contribution in [-0.2, 0) is 9.59 Å². The van der Waals surface area contributed by atoms with Crippen molar-refractivity contribution < 1.29 is 9.59 Å². The SMILES string of the molecule is O=C1NC2=C(C=CI=C2)C1=O. The maximum absolute atomic E-state index is 11.0. The Morgan fingerprint density at radius 1 is 1.36 bits per heavy atom. The van der Waals surface area contributed by atoms with Crippen LogP contribution in [0.15, 0.2) is 21.4 Å². The molecule has 2 aliphatic heterocycles. The lowest BCUT2D eigenvalue weighted by Gasteiger charge is -1.96. The molecule has 56 valence electrons. The van der Waals surface area contributed by atoms with Gasteiger partial charge in [-0.2, -0.15) is 0 Å². The summed E-state index contributed by atoms with van der Waals surface area (Å²) in [5.74, 6) is -0.905. The lowest BCUT2D eigenvalue weighted by Crippen LogP contribution is -2.21. The Kier molecular flexibility index (Phi) is 1.49. The van der Waals surface area contributed by atoms with Gasteiger partial charge in [-0.05, 0) is 14.2 Å². The monoisotopic (exact) mass is 261 g/mol. The lowest BCUT2D eigenvalue weighted by atomic mass is 10.2. The number of nitrogens with one attached hydrogen (secondary N) is 1. The standard InChI is InChI=1S/C7H4INO2/c10-6-4-1-2-8-3-5(4)9-7(6)11/h1-3H,(H,9,10,11). The molecule has 2 heterocycles. The van der Waals surface area contributed by atoms with Crippen LogP contribution in [-0.4, -0.2) is 15.7 Å².